The molecule has 0 radical (unpaired) electrons. The van der Waals surface area contributed by atoms with Crippen molar-refractivity contribution >= 4 is 23.4 Å². The molecule has 0 unspecified atom stereocenters. The molecule has 0 aliphatic carbocycles. The molecule has 0 heterocycles. The fraction of sp³-hybridized carbons (Fsp3) is 0.111. The number of nitrogens with zero attached hydrogens (tertiary/aromatic N) is 1. The Morgan fingerprint density at radius 3 is 2.33 bits per heavy atom. The average molecular weight is 279 g/mol. The number of esters is 1. The minimum Gasteiger partial charge on any atom is -0.464 e. The first-order valence-corrected chi connectivity index (χ1v) is 6.66. The van der Waals surface area contributed by atoms with E-state index in [-0.39, 0.29) is 5.71 Å². The van der Waals surface area contributed by atoms with Crippen LogP contribution >= 0.6 is 0 Å². The van der Waals surface area contributed by atoms with Crippen LogP contribution in [0.1, 0.15) is 11.1 Å². The Hall–Kier alpha value is -2.68. The van der Waals surface area contributed by atoms with E-state index in [9.17, 15) is 4.79 Å². The maximum Gasteiger partial charge on any atom is 0.356 e. The van der Waals surface area contributed by atoms with E-state index in [1.807, 2.05) is 67.6 Å². The van der Waals surface area contributed by atoms with Crippen molar-refractivity contribution < 1.29 is 9.53 Å². The monoisotopic (exact) mass is 279 g/mol. The number of carbonyl (C=O) groups excluding carboxylic acids is 1. The van der Waals surface area contributed by atoms with E-state index in [0.717, 1.165) is 16.8 Å². The number of aliphatic imine (C=N–C) groups is 1. The van der Waals surface area contributed by atoms with Gasteiger partial charge in [0.05, 0.1) is 12.8 Å². The molecule has 0 atom stereocenters. The first-order valence-electron chi connectivity index (χ1n) is 6.66. The Morgan fingerprint density at radius 2 is 1.71 bits per heavy atom. The maximum absolute atomic E-state index is 11.8. The van der Waals surface area contributed by atoms with Gasteiger partial charge in [-0.15, -0.1) is 0 Å². The molecule has 106 valence electrons. The van der Waals surface area contributed by atoms with Crippen molar-refractivity contribution in [1.29, 1.82) is 0 Å². The molecule has 0 aliphatic heterocycles. The fourth-order valence-electron chi connectivity index (χ4n) is 1.75. The zero-order valence-corrected chi connectivity index (χ0v) is 12.1. The lowest BCUT2D eigenvalue weighted by Gasteiger charge is -2.01. The van der Waals surface area contributed by atoms with E-state index >= 15 is 0 Å². The van der Waals surface area contributed by atoms with Gasteiger partial charge in [-0.1, -0.05) is 54.1 Å². The molecular formula is C18H17NO2. The molecule has 0 bridgehead atoms. The van der Waals surface area contributed by atoms with Crippen molar-refractivity contribution in [2.24, 2.45) is 4.99 Å². The third-order valence-electron chi connectivity index (χ3n) is 2.91. The summed E-state index contributed by atoms with van der Waals surface area (Å²) in [6.07, 6.45) is 3.50. The molecule has 21 heavy (non-hydrogen) atoms. The lowest BCUT2D eigenvalue weighted by Crippen LogP contribution is -2.12. The number of methoxy groups -OCH3 is 1. The van der Waals surface area contributed by atoms with Gasteiger partial charge in [-0.05, 0) is 30.7 Å². The third kappa shape index (κ3) is 4.42. The van der Waals surface area contributed by atoms with Gasteiger partial charge in [0.1, 0.15) is 5.71 Å². The highest BCUT2D eigenvalue weighted by Gasteiger charge is 2.08. The van der Waals surface area contributed by atoms with Crippen LogP contribution < -0.4 is 0 Å². The molecule has 3 heteroatoms. The van der Waals surface area contributed by atoms with Gasteiger partial charge >= 0.3 is 5.97 Å². The molecule has 0 aromatic heterocycles. The Morgan fingerprint density at radius 1 is 1.05 bits per heavy atom. The average Bonchev–Trinajstić information content (AvgIpc) is 2.53. The molecule has 0 amide bonds. The van der Waals surface area contributed by atoms with Gasteiger partial charge in [0, 0.05) is 0 Å². The zero-order valence-electron chi connectivity index (χ0n) is 12.1. The molecule has 3 nitrogen and oxygen atoms in total. The molecule has 2 rings (SSSR count). The van der Waals surface area contributed by atoms with Gasteiger partial charge in [-0.25, -0.2) is 9.79 Å². The Bertz CT molecular complexity index is 655. The third-order valence-corrected chi connectivity index (χ3v) is 2.91. The van der Waals surface area contributed by atoms with Crippen molar-refractivity contribution in [3.8, 4) is 0 Å². The van der Waals surface area contributed by atoms with Crippen molar-refractivity contribution in [3.63, 3.8) is 0 Å². The van der Waals surface area contributed by atoms with Crippen LogP contribution in [0.2, 0.25) is 0 Å². The summed E-state index contributed by atoms with van der Waals surface area (Å²) in [5.41, 5.74) is 3.13. The molecule has 0 aliphatic rings. The minimum atomic E-state index is -0.456. The summed E-state index contributed by atoms with van der Waals surface area (Å²) in [5.74, 6) is -0.456. The molecule has 0 spiro atoms. The Balaban J connectivity index is 2.28. The van der Waals surface area contributed by atoms with E-state index in [4.69, 9.17) is 4.74 Å². The smallest absolute Gasteiger partial charge is 0.356 e. The van der Waals surface area contributed by atoms with Crippen LogP contribution in [0.4, 0.5) is 5.69 Å². The molecule has 0 saturated carbocycles. The summed E-state index contributed by atoms with van der Waals surface area (Å²) in [5, 5.41) is 0. The van der Waals surface area contributed by atoms with E-state index in [1.165, 1.54) is 7.11 Å². The normalized spacial score (nSPS) is 11.6. The quantitative estimate of drug-likeness (QED) is 0.627. The summed E-state index contributed by atoms with van der Waals surface area (Å²) < 4.78 is 4.78. The van der Waals surface area contributed by atoms with E-state index < -0.39 is 5.97 Å². The predicted octanol–water partition coefficient (Wildman–Crippen LogP) is 3.95. The van der Waals surface area contributed by atoms with Gasteiger partial charge < -0.3 is 4.74 Å². The van der Waals surface area contributed by atoms with E-state index in [2.05, 4.69) is 4.99 Å². The summed E-state index contributed by atoms with van der Waals surface area (Å²) in [6.45, 7) is 2.00. The molecular weight excluding hydrogens is 262 g/mol. The second-order valence-corrected chi connectivity index (χ2v) is 4.57. The van der Waals surface area contributed by atoms with E-state index in [0.29, 0.717) is 0 Å². The van der Waals surface area contributed by atoms with Crippen molar-refractivity contribution in [2.75, 3.05) is 7.11 Å². The number of ether oxygens (including phenoxy) is 1. The van der Waals surface area contributed by atoms with Gasteiger partial charge in [0.15, 0.2) is 0 Å². The second kappa shape index (κ2) is 7.20. The SMILES string of the molecule is COC(=O)C(/C=C/c1ccccc1)=Nc1ccc(C)cc1. The van der Waals surface area contributed by atoms with Crippen LogP contribution in [0.3, 0.4) is 0 Å². The second-order valence-electron chi connectivity index (χ2n) is 4.57. The number of rotatable bonds is 4. The van der Waals surface area contributed by atoms with Crippen molar-refractivity contribution in [2.45, 2.75) is 6.92 Å². The Kier molecular flexibility index (Phi) is 5.04. The van der Waals surface area contributed by atoms with Gasteiger partial charge in [-0.3, -0.25) is 0 Å². The number of aryl methyl sites for hydroxylation is 1. The Labute approximate surface area is 124 Å². The van der Waals surface area contributed by atoms with Crippen molar-refractivity contribution in [1.82, 2.24) is 0 Å². The summed E-state index contributed by atoms with van der Waals surface area (Å²) in [4.78, 5) is 16.1. The number of benzene rings is 2. The predicted molar refractivity (Wildman–Crippen MR) is 85.8 cm³/mol. The lowest BCUT2D eigenvalue weighted by molar-refractivity contribution is -0.132. The van der Waals surface area contributed by atoms with Crippen LogP contribution in [0.5, 0.6) is 0 Å². The minimum absolute atomic E-state index is 0.269. The van der Waals surface area contributed by atoms with Gasteiger partial charge in [0.25, 0.3) is 0 Å². The first kappa shape index (κ1) is 14.7. The van der Waals surface area contributed by atoms with Crippen molar-refractivity contribution in [3.05, 3.63) is 71.8 Å². The van der Waals surface area contributed by atoms with Crippen LogP contribution in [-0.4, -0.2) is 18.8 Å². The highest BCUT2D eigenvalue weighted by molar-refractivity contribution is 6.42. The van der Waals surface area contributed by atoms with E-state index in [1.54, 1.807) is 6.08 Å². The summed E-state index contributed by atoms with van der Waals surface area (Å²) >= 11 is 0. The summed E-state index contributed by atoms with van der Waals surface area (Å²) in [7, 11) is 1.35. The maximum atomic E-state index is 11.8. The standard InChI is InChI=1S/C18H17NO2/c1-14-8-11-16(12-9-14)19-17(18(20)21-2)13-10-15-6-4-3-5-7-15/h3-13H,1-2H3/b13-10+,19-17?. The topological polar surface area (TPSA) is 38.7 Å². The lowest BCUT2D eigenvalue weighted by atomic mass is 10.2. The highest BCUT2D eigenvalue weighted by atomic mass is 16.5. The zero-order chi connectivity index (χ0) is 15.1. The summed E-state index contributed by atoms with van der Waals surface area (Å²) in [6, 6.07) is 17.4. The first-order chi connectivity index (χ1) is 10.2. The highest BCUT2D eigenvalue weighted by Crippen LogP contribution is 2.14. The molecule has 0 saturated heterocycles. The molecule has 0 fully saturated rings. The number of carbonyl (C=O) groups is 1. The molecule has 2 aromatic rings. The largest absolute Gasteiger partial charge is 0.464 e. The van der Waals surface area contributed by atoms with Crippen LogP contribution in [0.15, 0.2) is 65.7 Å². The molecule has 2 aromatic carbocycles. The van der Waals surface area contributed by atoms with Crippen LogP contribution in [-0.2, 0) is 9.53 Å². The van der Waals surface area contributed by atoms with Gasteiger partial charge in [0.2, 0.25) is 0 Å². The molecule has 0 N–H and O–H groups in total. The van der Waals surface area contributed by atoms with Crippen LogP contribution in [0.25, 0.3) is 6.08 Å². The fourth-order valence-corrected chi connectivity index (χ4v) is 1.75. The van der Waals surface area contributed by atoms with Gasteiger partial charge in [-0.2, -0.15) is 0 Å². The van der Waals surface area contributed by atoms with Crippen LogP contribution in [0, 0.1) is 6.92 Å². The number of hydrogen-bond donors (Lipinski definition) is 0. The number of hydrogen-bond acceptors (Lipinski definition) is 3.